The maximum atomic E-state index is 13.2. The summed E-state index contributed by atoms with van der Waals surface area (Å²) in [6.07, 6.45) is -0.238. The fourth-order valence-corrected chi connectivity index (χ4v) is 1.45. The first kappa shape index (κ1) is 12.6. The average molecular weight is 229 g/mol. The fourth-order valence-electron chi connectivity index (χ4n) is 1.45. The summed E-state index contributed by atoms with van der Waals surface area (Å²) in [6.45, 7) is 1.36. The van der Waals surface area contributed by atoms with Gasteiger partial charge < -0.3 is 10.8 Å². The van der Waals surface area contributed by atoms with Crippen molar-refractivity contribution in [3.63, 3.8) is 0 Å². The second-order valence-corrected chi connectivity index (χ2v) is 3.64. The van der Waals surface area contributed by atoms with Gasteiger partial charge in [0, 0.05) is 11.5 Å². The summed E-state index contributed by atoms with van der Waals surface area (Å²) in [7, 11) is 0. The highest BCUT2D eigenvalue weighted by molar-refractivity contribution is 5.68. The normalized spacial score (nSPS) is 12.5. The van der Waals surface area contributed by atoms with Crippen molar-refractivity contribution in [2.45, 2.75) is 19.3 Å². The number of carboxylic acid groups (broad SMARTS) is 1. The molecule has 0 aromatic heterocycles. The first-order valence-corrected chi connectivity index (χ1v) is 4.83. The van der Waals surface area contributed by atoms with Crippen LogP contribution in [0.1, 0.15) is 23.5 Å². The Morgan fingerprint density at radius 2 is 1.94 bits per heavy atom. The second kappa shape index (κ2) is 5.03. The van der Waals surface area contributed by atoms with Crippen molar-refractivity contribution in [1.82, 2.24) is 0 Å². The lowest BCUT2D eigenvalue weighted by atomic mass is 9.94. The number of rotatable bonds is 4. The summed E-state index contributed by atoms with van der Waals surface area (Å²) < 4.78 is 26.5. The van der Waals surface area contributed by atoms with Crippen LogP contribution >= 0.6 is 0 Å². The molecule has 0 aliphatic heterocycles. The van der Waals surface area contributed by atoms with Crippen molar-refractivity contribution in [3.05, 3.63) is 34.9 Å². The van der Waals surface area contributed by atoms with Crippen LogP contribution in [-0.4, -0.2) is 17.6 Å². The van der Waals surface area contributed by atoms with Gasteiger partial charge in [-0.3, -0.25) is 4.79 Å². The highest BCUT2D eigenvalue weighted by atomic mass is 19.1. The van der Waals surface area contributed by atoms with E-state index in [1.54, 1.807) is 0 Å². The molecule has 0 amide bonds. The molecule has 0 heterocycles. The molecule has 88 valence electrons. The minimum atomic E-state index is -1.04. The van der Waals surface area contributed by atoms with E-state index in [0.717, 1.165) is 12.1 Å². The molecule has 3 nitrogen and oxygen atoms in total. The maximum Gasteiger partial charge on any atom is 0.304 e. The highest BCUT2D eigenvalue weighted by Crippen LogP contribution is 2.23. The van der Waals surface area contributed by atoms with E-state index < -0.39 is 23.5 Å². The molecule has 1 atom stereocenters. The molecule has 3 N–H and O–H groups in total. The third kappa shape index (κ3) is 2.76. The molecule has 0 saturated heterocycles. The van der Waals surface area contributed by atoms with E-state index in [2.05, 4.69) is 0 Å². The van der Waals surface area contributed by atoms with Crippen LogP contribution in [0, 0.1) is 18.6 Å². The topological polar surface area (TPSA) is 63.3 Å². The van der Waals surface area contributed by atoms with Crippen molar-refractivity contribution >= 4 is 5.97 Å². The smallest absolute Gasteiger partial charge is 0.304 e. The Morgan fingerprint density at radius 1 is 1.44 bits per heavy atom. The maximum absolute atomic E-state index is 13.2. The Bertz CT molecular complexity index is 384. The largest absolute Gasteiger partial charge is 0.481 e. The molecule has 0 aliphatic carbocycles. The number of benzene rings is 1. The van der Waals surface area contributed by atoms with Crippen molar-refractivity contribution < 1.29 is 18.7 Å². The predicted octanol–water partition coefficient (Wildman–Crippen LogP) is 1.79. The predicted molar refractivity (Wildman–Crippen MR) is 55.1 cm³/mol. The molecule has 0 aliphatic rings. The van der Waals surface area contributed by atoms with Crippen molar-refractivity contribution in [3.8, 4) is 0 Å². The van der Waals surface area contributed by atoms with Crippen molar-refractivity contribution in [1.29, 1.82) is 0 Å². The van der Waals surface area contributed by atoms with Gasteiger partial charge in [-0.05, 0) is 31.2 Å². The number of hydrogen-bond donors (Lipinski definition) is 2. The molecule has 0 radical (unpaired) electrons. The van der Waals surface area contributed by atoms with Gasteiger partial charge in [-0.25, -0.2) is 8.78 Å². The Balaban J connectivity index is 3.06. The first-order chi connectivity index (χ1) is 7.45. The number of nitrogens with two attached hydrogens (primary N) is 1. The van der Waals surface area contributed by atoms with Gasteiger partial charge in [0.15, 0.2) is 0 Å². The average Bonchev–Trinajstić information content (AvgIpc) is 2.21. The molecule has 0 fully saturated rings. The van der Waals surface area contributed by atoms with E-state index in [1.807, 2.05) is 0 Å². The van der Waals surface area contributed by atoms with Crippen molar-refractivity contribution in [2.24, 2.45) is 5.73 Å². The third-order valence-electron chi connectivity index (χ3n) is 2.48. The molecule has 16 heavy (non-hydrogen) atoms. The zero-order chi connectivity index (χ0) is 12.3. The van der Waals surface area contributed by atoms with Crippen LogP contribution in [0.25, 0.3) is 0 Å². The molecule has 0 bridgehead atoms. The molecule has 5 heteroatoms. The van der Waals surface area contributed by atoms with Gasteiger partial charge in [0.25, 0.3) is 0 Å². The number of hydrogen-bond acceptors (Lipinski definition) is 2. The van der Waals surface area contributed by atoms with Gasteiger partial charge in [0.1, 0.15) is 11.6 Å². The van der Waals surface area contributed by atoms with Crippen LogP contribution in [0.5, 0.6) is 0 Å². The number of carbonyl (C=O) groups is 1. The Kier molecular flexibility index (Phi) is 3.95. The first-order valence-electron chi connectivity index (χ1n) is 4.83. The lowest BCUT2D eigenvalue weighted by molar-refractivity contribution is -0.137. The fraction of sp³-hybridized carbons (Fsp3) is 0.364. The summed E-state index contributed by atoms with van der Waals surface area (Å²) in [6, 6.07) is 2.28. The van der Waals surface area contributed by atoms with Gasteiger partial charge in [0.05, 0.1) is 6.42 Å². The molecular weight excluding hydrogens is 216 g/mol. The lowest BCUT2D eigenvalue weighted by Crippen LogP contribution is -2.17. The third-order valence-corrected chi connectivity index (χ3v) is 2.48. The molecule has 1 aromatic carbocycles. The SMILES string of the molecule is Cc1c(F)cc(C(CN)CC(=O)O)cc1F. The second-order valence-electron chi connectivity index (χ2n) is 3.64. The van der Waals surface area contributed by atoms with E-state index in [-0.39, 0.29) is 24.1 Å². The number of carboxylic acids is 1. The molecule has 0 spiro atoms. The van der Waals surface area contributed by atoms with Crippen molar-refractivity contribution in [2.75, 3.05) is 6.54 Å². The lowest BCUT2D eigenvalue weighted by Gasteiger charge is -2.13. The van der Waals surface area contributed by atoms with E-state index in [1.165, 1.54) is 6.92 Å². The van der Waals surface area contributed by atoms with Crippen LogP contribution in [0.4, 0.5) is 8.78 Å². The Morgan fingerprint density at radius 3 is 2.31 bits per heavy atom. The van der Waals surface area contributed by atoms with E-state index in [9.17, 15) is 13.6 Å². The van der Waals surface area contributed by atoms with Gasteiger partial charge in [-0.15, -0.1) is 0 Å². The minimum Gasteiger partial charge on any atom is -0.481 e. The summed E-state index contributed by atoms with van der Waals surface area (Å²) in [5.74, 6) is -2.98. The Hall–Kier alpha value is -1.49. The number of halogens is 2. The standard InChI is InChI=1S/C11H13F2NO2/c1-6-9(12)2-7(3-10(6)13)8(5-14)4-11(15)16/h2-3,8H,4-5,14H2,1H3,(H,15,16). The minimum absolute atomic E-state index is 0.0360. The van der Waals surface area contributed by atoms with Gasteiger partial charge >= 0.3 is 5.97 Å². The molecule has 1 rings (SSSR count). The molecule has 1 unspecified atom stereocenters. The van der Waals surface area contributed by atoms with Crippen LogP contribution in [0.15, 0.2) is 12.1 Å². The van der Waals surface area contributed by atoms with Crippen LogP contribution in [0.3, 0.4) is 0 Å². The number of aliphatic carboxylic acids is 1. The molecule has 1 aromatic rings. The molecular formula is C11H13F2NO2. The van der Waals surface area contributed by atoms with Crippen LogP contribution in [-0.2, 0) is 4.79 Å². The monoisotopic (exact) mass is 229 g/mol. The summed E-state index contributed by atoms with van der Waals surface area (Å²) in [5, 5.41) is 8.63. The van der Waals surface area contributed by atoms with E-state index in [0.29, 0.717) is 0 Å². The highest BCUT2D eigenvalue weighted by Gasteiger charge is 2.17. The quantitative estimate of drug-likeness (QED) is 0.827. The molecule has 0 saturated carbocycles. The van der Waals surface area contributed by atoms with Gasteiger partial charge in [0.2, 0.25) is 0 Å². The summed E-state index contributed by atoms with van der Waals surface area (Å²) >= 11 is 0. The van der Waals surface area contributed by atoms with Gasteiger partial charge in [-0.1, -0.05) is 0 Å². The zero-order valence-corrected chi connectivity index (χ0v) is 8.84. The Labute approximate surface area is 91.9 Å². The van der Waals surface area contributed by atoms with Crippen LogP contribution < -0.4 is 5.73 Å². The van der Waals surface area contributed by atoms with E-state index in [4.69, 9.17) is 10.8 Å². The van der Waals surface area contributed by atoms with Crippen LogP contribution in [0.2, 0.25) is 0 Å². The summed E-state index contributed by atoms with van der Waals surface area (Å²) in [5.41, 5.74) is 5.59. The zero-order valence-electron chi connectivity index (χ0n) is 8.84. The van der Waals surface area contributed by atoms with Gasteiger partial charge in [-0.2, -0.15) is 0 Å². The summed E-state index contributed by atoms with van der Waals surface area (Å²) in [4.78, 5) is 10.5. The van der Waals surface area contributed by atoms with E-state index >= 15 is 0 Å².